The van der Waals surface area contributed by atoms with Crippen molar-refractivity contribution in [3.63, 3.8) is 0 Å². The molecule has 180 valence electrons. The normalized spacial score (nSPS) is 18.2. The first-order valence-corrected chi connectivity index (χ1v) is 12.9. The molecule has 2 aliphatic rings. The molecular formula is C27H33N3O3S. The van der Waals surface area contributed by atoms with Gasteiger partial charge in [-0.3, -0.25) is 19.4 Å². The number of rotatable bonds is 9. The quantitative estimate of drug-likeness (QED) is 0.356. The summed E-state index contributed by atoms with van der Waals surface area (Å²) >= 11 is 1.02. The zero-order valence-electron chi connectivity index (χ0n) is 20.0. The number of anilines is 1. The lowest BCUT2D eigenvalue weighted by Gasteiger charge is -2.37. The van der Waals surface area contributed by atoms with Gasteiger partial charge < -0.3 is 9.64 Å². The van der Waals surface area contributed by atoms with Gasteiger partial charge >= 0.3 is 0 Å². The molecule has 7 heteroatoms. The predicted octanol–water partition coefficient (Wildman–Crippen LogP) is 5.38. The van der Waals surface area contributed by atoms with Crippen LogP contribution in [0, 0.1) is 6.92 Å². The first kappa shape index (κ1) is 24.4. The van der Waals surface area contributed by atoms with Gasteiger partial charge in [0.15, 0.2) is 0 Å². The molecule has 0 bridgehead atoms. The third-order valence-corrected chi connectivity index (χ3v) is 7.15. The molecule has 0 aromatic heterocycles. The number of amides is 2. The molecule has 34 heavy (non-hydrogen) atoms. The van der Waals surface area contributed by atoms with E-state index in [4.69, 9.17) is 4.74 Å². The number of imide groups is 1. The number of aryl methyl sites for hydroxylation is 1. The second-order valence-corrected chi connectivity index (χ2v) is 9.76. The average molecular weight is 480 g/mol. The van der Waals surface area contributed by atoms with Crippen LogP contribution in [-0.4, -0.2) is 60.4 Å². The average Bonchev–Trinajstić information content (AvgIpc) is 3.11. The molecule has 2 amide bonds. The number of carbonyl (C=O) groups excluding carboxylic acids is 2. The standard InChI is InChI=1S/C27H33N3O3S/c1-3-4-7-18-33-23-12-10-22(11-13-23)19-25-26(31)30(27(32)34-25)20-28-14-16-29(17-15-28)24-9-6-5-8-21(24)2/h5-6,8-13,19H,3-4,7,14-18,20H2,1-2H3/b25-19+. The van der Waals surface area contributed by atoms with E-state index in [0.29, 0.717) is 18.2 Å². The van der Waals surface area contributed by atoms with Crippen LogP contribution in [0.3, 0.4) is 0 Å². The van der Waals surface area contributed by atoms with Crippen molar-refractivity contribution in [2.24, 2.45) is 0 Å². The fourth-order valence-electron chi connectivity index (χ4n) is 4.22. The van der Waals surface area contributed by atoms with Crippen LogP contribution >= 0.6 is 11.8 Å². The molecular weight excluding hydrogens is 446 g/mol. The van der Waals surface area contributed by atoms with Crippen LogP contribution in [0.15, 0.2) is 53.4 Å². The number of piperazine rings is 1. The van der Waals surface area contributed by atoms with Gasteiger partial charge in [0.1, 0.15) is 5.75 Å². The summed E-state index contributed by atoms with van der Waals surface area (Å²) in [5.41, 5.74) is 3.41. The minimum atomic E-state index is -0.212. The summed E-state index contributed by atoms with van der Waals surface area (Å²) in [4.78, 5) is 31.9. The number of ether oxygens (including phenoxy) is 1. The van der Waals surface area contributed by atoms with Crippen molar-refractivity contribution in [3.05, 3.63) is 64.6 Å². The van der Waals surface area contributed by atoms with E-state index in [0.717, 1.165) is 62.1 Å². The second kappa shape index (κ2) is 11.6. The molecule has 2 aliphatic heterocycles. The lowest BCUT2D eigenvalue weighted by atomic mass is 10.1. The van der Waals surface area contributed by atoms with Crippen LogP contribution in [0.5, 0.6) is 5.75 Å². The monoisotopic (exact) mass is 479 g/mol. The van der Waals surface area contributed by atoms with Crippen LogP contribution in [-0.2, 0) is 4.79 Å². The molecule has 2 fully saturated rings. The SMILES string of the molecule is CCCCCOc1ccc(/C=C2/SC(=O)N(CN3CCN(c4ccccc4C)CC3)C2=O)cc1. The largest absolute Gasteiger partial charge is 0.494 e. The van der Waals surface area contributed by atoms with Gasteiger partial charge in [0.25, 0.3) is 11.1 Å². The molecule has 2 heterocycles. The minimum Gasteiger partial charge on any atom is -0.494 e. The highest BCUT2D eigenvalue weighted by atomic mass is 32.2. The maximum Gasteiger partial charge on any atom is 0.294 e. The summed E-state index contributed by atoms with van der Waals surface area (Å²) in [5.74, 6) is 0.613. The van der Waals surface area contributed by atoms with Crippen LogP contribution in [0.2, 0.25) is 0 Å². The third-order valence-electron chi connectivity index (χ3n) is 6.24. The molecule has 0 unspecified atom stereocenters. The van der Waals surface area contributed by atoms with Crippen molar-refractivity contribution in [2.45, 2.75) is 33.1 Å². The van der Waals surface area contributed by atoms with E-state index in [-0.39, 0.29) is 11.1 Å². The molecule has 4 rings (SSSR count). The van der Waals surface area contributed by atoms with E-state index >= 15 is 0 Å². The highest BCUT2D eigenvalue weighted by molar-refractivity contribution is 8.18. The summed E-state index contributed by atoms with van der Waals surface area (Å²) in [6.07, 6.45) is 5.17. The fraction of sp³-hybridized carbons (Fsp3) is 0.407. The van der Waals surface area contributed by atoms with E-state index in [2.05, 4.69) is 47.9 Å². The van der Waals surface area contributed by atoms with Crippen molar-refractivity contribution in [3.8, 4) is 5.75 Å². The summed E-state index contributed by atoms with van der Waals surface area (Å²) in [6.45, 7) is 8.74. The Morgan fingerprint density at radius 3 is 2.41 bits per heavy atom. The number of carbonyl (C=O) groups is 2. The summed E-state index contributed by atoms with van der Waals surface area (Å²) in [5, 5.41) is -0.200. The van der Waals surface area contributed by atoms with Crippen molar-refractivity contribution >= 4 is 34.7 Å². The topological polar surface area (TPSA) is 53.1 Å². The Morgan fingerprint density at radius 1 is 0.971 bits per heavy atom. The van der Waals surface area contributed by atoms with Crippen molar-refractivity contribution in [1.29, 1.82) is 0 Å². The summed E-state index contributed by atoms with van der Waals surface area (Å²) in [6, 6.07) is 16.1. The second-order valence-electron chi connectivity index (χ2n) is 8.77. The lowest BCUT2D eigenvalue weighted by Crippen LogP contribution is -2.51. The highest BCUT2D eigenvalue weighted by Crippen LogP contribution is 2.33. The molecule has 2 aromatic carbocycles. The van der Waals surface area contributed by atoms with Gasteiger partial charge in [-0.15, -0.1) is 0 Å². The van der Waals surface area contributed by atoms with Crippen molar-refractivity contribution in [1.82, 2.24) is 9.80 Å². The third kappa shape index (κ3) is 6.02. The first-order chi connectivity index (χ1) is 16.5. The van der Waals surface area contributed by atoms with Crippen molar-refractivity contribution < 1.29 is 14.3 Å². The molecule has 0 aliphatic carbocycles. The molecule has 0 N–H and O–H groups in total. The van der Waals surface area contributed by atoms with Gasteiger partial charge in [0, 0.05) is 31.9 Å². The maximum absolute atomic E-state index is 12.9. The van der Waals surface area contributed by atoms with E-state index in [9.17, 15) is 9.59 Å². The maximum atomic E-state index is 12.9. The lowest BCUT2D eigenvalue weighted by molar-refractivity contribution is -0.124. The fourth-order valence-corrected chi connectivity index (χ4v) is 5.06. The van der Waals surface area contributed by atoms with Gasteiger partial charge in [-0.1, -0.05) is 50.1 Å². The number of benzene rings is 2. The zero-order chi connectivity index (χ0) is 23.9. The first-order valence-electron chi connectivity index (χ1n) is 12.1. The Morgan fingerprint density at radius 2 is 1.71 bits per heavy atom. The number of unbranched alkanes of at least 4 members (excludes halogenated alkanes) is 2. The van der Waals surface area contributed by atoms with Gasteiger partial charge in [0.2, 0.25) is 0 Å². The number of thioether (sulfide) groups is 1. The van der Waals surface area contributed by atoms with E-state index < -0.39 is 0 Å². The molecule has 2 aromatic rings. The van der Waals surface area contributed by atoms with Gasteiger partial charge in [0.05, 0.1) is 18.2 Å². The number of hydrogen-bond donors (Lipinski definition) is 0. The molecule has 0 atom stereocenters. The molecule has 0 radical (unpaired) electrons. The summed E-state index contributed by atoms with van der Waals surface area (Å²) in [7, 11) is 0. The number of hydrogen-bond acceptors (Lipinski definition) is 6. The van der Waals surface area contributed by atoms with Crippen LogP contribution in [0.4, 0.5) is 10.5 Å². The number of para-hydroxylation sites is 1. The van der Waals surface area contributed by atoms with Gasteiger partial charge in [-0.05, 0) is 60.5 Å². The van der Waals surface area contributed by atoms with Crippen LogP contribution < -0.4 is 9.64 Å². The molecule has 2 saturated heterocycles. The van der Waals surface area contributed by atoms with Gasteiger partial charge in [-0.25, -0.2) is 0 Å². The Balaban J connectivity index is 1.31. The molecule has 6 nitrogen and oxygen atoms in total. The van der Waals surface area contributed by atoms with Crippen LogP contribution in [0.25, 0.3) is 6.08 Å². The number of nitrogens with zero attached hydrogens (tertiary/aromatic N) is 3. The van der Waals surface area contributed by atoms with Crippen LogP contribution in [0.1, 0.15) is 37.3 Å². The zero-order valence-corrected chi connectivity index (χ0v) is 20.9. The van der Waals surface area contributed by atoms with E-state index in [1.54, 1.807) is 6.08 Å². The van der Waals surface area contributed by atoms with E-state index in [1.165, 1.54) is 22.6 Å². The van der Waals surface area contributed by atoms with E-state index in [1.807, 2.05) is 24.3 Å². The highest BCUT2D eigenvalue weighted by Gasteiger charge is 2.36. The Bertz CT molecular complexity index is 1030. The minimum absolute atomic E-state index is 0.200. The Hall–Kier alpha value is -2.77. The summed E-state index contributed by atoms with van der Waals surface area (Å²) < 4.78 is 5.75. The molecule has 0 spiro atoms. The van der Waals surface area contributed by atoms with Crippen molar-refractivity contribution in [2.75, 3.05) is 44.4 Å². The smallest absolute Gasteiger partial charge is 0.294 e. The Labute approximate surface area is 206 Å². The Kier molecular flexibility index (Phi) is 8.29. The predicted molar refractivity (Wildman–Crippen MR) is 139 cm³/mol. The molecule has 0 saturated carbocycles. The van der Waals surface area contributed by atoms with Gasteiger partial charge in [-0.2, -0.15) is 0 Å².